The summed E-state index contributed by atoms with van der Waals surface area (Å²) in [6.07, 6.45) is 0. The summed E-state index contributed by atoms with van der Waals surface area (Å²) in [7, 11) is -3.11. The van der Waals surface area contributed by atoms with Crippen molar-refractivity contribution in [2.45, 2.75) is 13.0 Å². The summed E-state index contributed by atoms with van der Waals surface area (Å²) in [6, 6.07) is -0.182. The highest BCUT2D eigenvalue weighted by molar-refractivity contribution is 7.89. The minimum Gasteiger partial charge on any atom is -0.378 e. The van der Waals surface area contributed by atoms with Crippen LogP contribution in [0.3, 0.4) is 0 Å². The maximum atomic E-state index is 11.5. The minimum absolute atomic E-state index is 0.128. The van der Waals surface area contributed by atoms with Crippen molar-refractivity contribution in [1.82, 2.24) is 4.31 Å². The summed E-state index contributed by atoms with van der Waals surface area (Å²) < 4.78 is 29.7. The van der Waals surface area contributed by atoms with Gasteiger partial charge in [0, 0.05) is 13.1 Å². The predicted octanol–water partition coefficient (Wildman–Crippen LogP) is -1.00. The van der Waals surface area contributed by atoms with E-state index < -0.39 is 10.0 Å². The van der Waals surface area contributed by atoms with Crippen LogP contribution in [-0.2, 0) is 14.8 Å². The Morgan fingerprint density at radius 1 is 1.62 bits per heavy atom. The summed E-state index contributed by atoms with van der Waals surface area (Å²) >= 11 is 0. The smallest absolute Gasteiger partial charge is 0.214 e. The maximum absolute atomic E-state index is 11.5. The third kappa shape index (κ3) is 2.40. The maximum Gasteiger partial charge on any atom is 0.214 e. The molecule has 2 N–H and O–H groups in total. The number of hydrogen-bond donors (Lipinski definition) is 1. The Hall–Kier alpha value is -0.170. The zero-order chi connectivity index (χ0) is 9.90. The number of ether oxygens (including phenoxy) is 1. The molecule has 0 radical (unpaired) electrons. The van der Waals surface area contributed by atoms with Crippen molar-refractivity contribution in [2.24, 2.45) is 5.73 Å². The molecule has 1 heterocycles. The van der Waals surface area contributed by atoms with E-state index in [0.29, 0.717) is 26.3 Å². The zero-order valence-corrected chi connectivity index (χ0v) is 8.59. The van der Waals surface area contributed by atoms with Gasteiger partial charge in [-0.3, -0.25) is 0 Å². The molecule has 0 aromatic carbocycles. The summed E-state index contributed by atoms with van der Waals surface area (Å²) in [4.78, 5) is 0. The zero-order valence-electron chi connectivity index (χ0n) is 7.77. The fourth-order valence-corrected chi connectivity index (χ4v) is 2.64. The van der Waals surface area contributed by atoms with Gasteiger partial charge < -0.3 is 10.5 Å². The summed E-state index contributed by atoms with van der Waals surface area (Å²) in [5, 5.41) is 0. The summed E-state index contributed by atoms with van der Waals surface area (Å²) in [6.45, 7) is 3.26. The lowest BCUT2D eigenvalue weighted by atomic mass is 10.3. The average molecular weight is 208 g/mol. The molecule has 0 aliphatic carbocycles. The number of rotatable bonds is 3. The fraction of sp³-hybridized carbons (Fsp3) is 1.00. The van der Waals surface area contributed by atoms with Gasteiger partial charge in [0.2, 0.25) is 10.0 Å². The Labute approximate surface area is 78.9 Å². The SMILES string of the molecule is CCS(=O)(=O)N1CCOCC1CN. The number of morpholine rings is 1. The van der Waals surface area contributed by atoms with Crippen molar-refractivity contribution in [3.63, 3.8) is 0 Å². The van der Waals surface area contributed by atoms with Gasteiger partial charge in [-0.1, -0.05) is 0 Å². The average Bonchev–Trinajstić information content (AvgIpc) is 2.18. The van der Waals surface area contributed by atoms with Crippen molar-refractivity contribution < 1.29 is 13.2 Å². The largest absolute Gasteiger partial charge is 0.378 e. The van der Waals surface area contributed by atoms with Gasteiger partial charge in [-0.25, -0.2) is 8.42 Å². The molecule has 1 aliphatic heterocycles. The molecule has 1 fully saturated rings. The van der Waals surface area contributed by atoms with Crippen molar-refractivity contribution >= 4 is 10.0 Å². The fourth-order valence-electron chi connectivity index (χ4n) is 1.36. The number of sulfonamides is 1. The predicted molar refractivity (Wildman–Crippen MR) is 49.8 cm³/mol. The van der Waals surface area contributed by atoms with Crippen molar-refractivity contribution in [2.75, 3.05) is 32.1 Å². The quantitative estimate of drug-likeness (QED) is 0.645. The Balaban J connectivity index is 2.75. The van der Waals surface area contributed by atoms with E-state index >= 15 is 0 Å². The van der Waals surface area contributed by atoms with Gasteiger partial charge in [-0.05, 0) is 6.92 Å². The van der Waals surface area contributed by atoms with E-state index in [1.165, 1.54) is 4.31 Å². The van der Waals surface area contributed by atoms with E-state index in [2.05, 4.69) is 0 Å². The lowest BCUT2D eigenvalue weighted by Gasteiger charge is -2.33. The van der Waals surface area contributed by atoms with Gasteiger partial charge in [-0.15, -0.1) is 0 Å². The van der Waals surface area contributed by atoms with E-state index in [0.717, 1.165) is 0 Å². The van der Waals surface area contributed by atoms with E-state index in [4.69, 9.17) is 10.5 Å². The van der Waals surface area contributed by atoms with Crippen molar-refractivity contribution in [3.8, 4) is 0 Å². The minimum atomic E-state index is -3.11. The van der Waals surface area contributed by atoms with Crippen LogP contribution in [0, 0.1) is 0 Å². The molecule has 1 atom stereocenters. The second kappa shape index (κ2) is 4.36. The monoisotopic (exact) mass is 208 g/mol. The number of nitrogens with two attached hydrogens (primary N) is 1. The second-order valence-corrected chi connectivity index (χ2v) is 5.19. The van der Waals surface area contributed by atoms with E-state index in [1.807, 2.05) is 0 Å². The third-order valence-corrected chi connectivity index (χ3v) is 4.09. The molecule has 1 rings (SSSR count). The topological polar surface area (TPSA) is 72.6 Å². The first-order valence-electron chi connectivity index (χ1n) is 4.39. The Bertz CT molecular complexity index is 252. The standard InChI is InChI=1S/C7H16N2O3S/c1-2-13(10,11)9-3-4-12-6-7(9)5-8/h7H,2-6,8H2,1H3. The highest BCUT2D eigenvalue weighted by atomic mass is 32.2. The molecule has 1 saturated heterocycles. The number of hydrogen-bond acceptors (Lipinski definition) is 4. The molecule has 0 spiro atoms. The first-order valence-corrected chi connectivity index (χ1v) is 6.00. The van der Waals surface area contributed by atoms with Gasteiger partial charge in [0.15, 0.2) is 0 Å². The van der Waals surface area contributed by atoms with Crippen LogP contribution in [0.15, 0.2) is 0 Å². The van der Waals surface area contributed by atoms with Gasteiger partial charge in [-0.2, -0.15) is 4.31 Å². The van der Waals surface area contributed by atoms with E-state index in [9.17, 15) is 8.42 Å². The normalized spacial score (nSPS) is 26.2. The van der Waals surface area contributed by atoms with E-state index in [-0.39, 0.29) is 11.8 Å². The molecule has 1 aliphatic rings. The van der Waals surface area contributed by atoms with Gasteiger partial charge in [0.25, 0.3) is 0 Å². The first kappa shape index (κ1) is 10.9. The molecule has 0 saturated carbocycles. The molecule has 0 amide bonds. The molecular weight excluding hydrogens is 192 g/mol. The highest BCUT2D eigenvalue weighted by Crippen LogP contribution is 2.11. The second-order valence-electron chi connectivity index (χ2n) is 2.98. The molecular formula is C7H16N2O3S. The van der Waals surface area contributed by atoms with Crippen molar-refractivity contribution in [3.05, 3.63) is 0 Å². The first-order chi connectivity index (χ1) is 6.11. The molecule has 0 aromatic rings. The molecule has 13 heavy (non-hydrogen) atoms. The lowest BCUT2D eigenvalue weighted by Crippen LogP contribution is -2.52. The molecule has 5 nitrogen and oxygen atoms in total. The van der Waals surface area contributed by atoms with Crippen LogP contribution >= 0.6 is 0 Å². The van der Waals surface area contributed by atoms with Crippen LogP contribution in [0.4, 0.5) is 0 Å². The van der Waals surface area contributed by atoms with Crippen molar-refractivity contribution in [1.29, 1.82) is 0 Å². The Kier molecular flexibility index (Phi) is 3.66. The Morgan fingerprint density at radius 3 is 2.85 bits per heavy atom. The molecule has 6 heteroatoms. The molecule has 1 unspecified atom stereocenters. The molecule has 78 valence electrons. The van der Waals surface area contributed by atoms with Crippen LogP contribution in [0.25, 0.3) is 0 Å². The summed E-state index contributed by atoms with van der Waals surface area (Å²) in [5.41, 5.74) is 5.46. The van der Waals surface area contributed by atoms with Crippen LogP contribution in [-0.4, -0.2) is 50.8 Å². The van der Waals surface area contributed by atoms with Crippen LogP contribution in [0.2, 0.25) is 0 Å². The summed E-state index contributed by atoms with van der Waals surface area (Å²) in [5.74, 6) is 0.128. The third-order valence-electron chi connectivity index (χ3n) is 2.17. The van der Waals surface area contributed by atoms with Crippen LogP contribution in [0.5, 0.6) is 0 Å². The number of nitrogens with zero attached hydrogens (tertiary/aromatic N) is 1. The van der Waals surface area contributed by atoms with Crippen LogP contribution in [0.1, 0.15) is 6.92 Å². The van der Waals surface area contributed by atoms with Gasteiger partial charge >= 0.3 is 0 Å². The van der Waals surface area contributed by atoms with Gasteiger partial charge in [0.1, 0.15) is 0 Å². The lowest BCUT2D eigenvalue weighted by molar-refractivity contribution is 0.0359. The van der Waals surface area contributed by atoms with E-state index in [1.54, 1.807) is 6.92 Å². The highest BCUT2D eigenvalue weighted by Gasteiger charge is 2.30. The molecule has 0 aromatic heterocycles. The molecule has 0 bridgehead atoms. The van der Waals surface area contributed by atoms with Gasteiger partial charge in [0.05, 0.1) is 25.0 Å². The Morgan fingerprint density at radius 2 is 2.31 bits per heavy atom. The van der Waals surface area contributed by atoms with Crippen LogP contribution < -0.4 is 5.73 Å².